The number of unbranched alkanes of at least 4 members (excludes halogenated alkanes) is 6. The van der Waals surface area contributed by atoms with Gasteiger partial charge in [-0.15, -0.1) is 0 Å². The summed E-state index contributed by atoms with van der Waals surface area (Å²) in [6.45, 7) is 4.88. The van der Waals surface area contributed by atoms with E-state index in [1.807, 2.05) is 6.92 Å². The van der Waals surface area contributed by atoms with Crippen LogP contribution in [-0.4, -0.2) is 53.1 Å². The molecule has 0 aromatic carbocycles. The summed E-state index contributed by atoms with van der Waals surface area (Å²) in [5.74, 6) is -0.607. The fraction of sp³-hybridized carbons (Fsp3) is 0.875. The van der Waals surface area contributed by atoms with Crippen molar-refractivity contribution in [3.63, 3.8) is 0 Å². The fourth-order valence-corrected chi connectivity index (χ4v) is 3.09. The Morgan fingerprint density at radius 2 is 1.29 bits per heavy atom. The number of hydrogen-bond acceptors (Lipinski definition) is 2. The van der Waals surface area contributed by atoms with E-state index in [1.54, 1.807) is 9.80 Å². The van der Waals surface area contributed by atoms with Crippen molar-refractivity contribution in [1.82, 2.24) is 9.80 Å². The quantitative estimate of drug-likeness (QED) is 0.322. The minimum atomic E-state index is -0.308. The van der Waals surface area contributed by atoms with E-state index in [1.165, 1.54) is 32.1 Å². The van der Waals surface area contributed by atoms with Crippen molar-refractivity contribution in [2.75, 3.05) is 31.5 Å². The van der Waals surface area contributed by atoms with Crippen LogP contribution < -0.4 is 0 Å². The summed E-state index contributed by atoms with van der Waals surface area (Å²) in [6.07, 6.45) is 9.48. The summed E-state index contributed by atoms with van der Waals surface area (Å²) in [5.41, 5.74) is 0. The van der Waals surface area contributed by atoms with Crippen molar-refractivity contribution in [2.24, 2.45) is 0 Å². The molecule has 0 bridgehead atoms. The highest BCUT2D eigenvalue weighted by Gasteiger charge is 2.31. The molecule has 1 rings (SSSR count). The Bertz CT molecular complexity index is 323. The molecule has 0 unspecified atom stereocenters. The number of rotatable bonds is 11. The van der Waals surface area contributed by atoms with Gasteiger partial charge in [-0.2, -0.15) is 0 Å². The second-order valence-corrected chi connectivity index (χ2v) is 6.54. The molecule has 122 valence electrons. The minimum absolute atomic E-state index is 0.299. The third-order valence-electron chi connectivity index (χ3n) is 3.95. The first-order valence-electron chi connectivity index (χ1n) is 8.34. The number of carbonyl (C=O) groups excluding carboxylic acids is 2. The molecule has 0 N–H and O–H groups in total. The third kappa shape index (κ3) is 6.81. The van der Waals surface area contributed by atoms with E-state index in [0.29, 0.717) is 19.6 Å². The van der Waals surface area contributed by atoms with Gasteiger partial charge < -0.3 is 9.80 Å². The molecular weight excluding hydrogens is 332 g/mol. The zero-order valence-electron chi connectivity index (χ0n) is 13.3. The third-order valence-corrected chi connectivity index (χ3v) is 4.51. The van der Waals surface area contributed by atoms with E-state index < -0.39 is 0 Å². The molecular formula is C16H29BrN2O2. The summed E-state index contributed by atoms with van der Waals surface area (Å²) >= 11 is 3.44. The molecule has 0 radical (unpaired) electrons. The van der Waals surface area contributed by atoms with Crippen molar-refractivity contribution in [1.29, 1.82) is 0 Å². The van der Waals surface area contributed by atoms with Crippen LogP contribution in [0, 0.1) is 0 Å². The maximum absolute atomic E-state index is 12.0. The van der Waals surface area contributed by atoms with Crippen molar-refractivity contribution in [2.45, 2.75) is 58.3 Å². The molecule has 1 saturated heterocycles. The van der Waals surface area contributed by atoms with Crippen LogP contribution in [-0.2, 0) is 9.59 Å². The lowest BCUT2D eigenvalue weighted by Gasteiger charge is -2.33. The topological polar surface area (TPSA) is 40.6 Å². The maximum Gasteiger partial charge on any atom is 0.312 e. The predicted octanol–water partition coefficient (Wildman–Crippen LogP) is 3.19. The van der Waals surface area contributed by atoms with Crippen LogP contribution in [0.15, 0.2) is 0 Å². The van der Waals surface area contributed by atoms with Crippen molar-refractivity contribution < 1.29 is 9.59 Å². The SMILES string of the molecule is CCCN1CCN(CCCCCCCCCBr)C(=O)C1=O. The van der Waals surface area contributed by atoms with Gasteiger partial charge in [0.25, 0.3) is 0 Å². The molecule has 0 saturated carbocycles. The lowest BCUT2D eigenvalue weighted by Crippen LogP contribution is -2.54. The molecule has 2 amide bonds. The number of carbonyl (C=O) groups is 2. The predicted molar refractivity (Wildman–Crippen MR) is 89.6 cm³/mol. The Balaban J connectivity index is 2.10. The Kier molecular flexibility index (Phi) is 9.72. The van der Waals surface area contributed by atoms with Gasteiger partial charge >= 0.3 is 11.8 Å². The highest BCUT2D eigenvalue weighted by atomic mass is 79.9. The van der Waals surface area contributed by atoms with E-state index in [9.17, 15) is 9.59 Å². The van der Waals surface area contributed by atoms with Crippen LogP contribution >= 0.6 is 15.9 Å². The Morgan fingerprint density at radius 1 is 0.810 bits per heavy atom. The summed E-state index contributed by atoms with van der Waals surface area (Å²) in [6, 6.07) is 0. The number of halogens is 1. The van der Waals surface area contributed by atoms with Crippen LogP contribution in [0.2, 0.25) is 0 Å². The van der Waals surface area contributed by atoms with Gasteiger partial charge in [-0.3, -0.25) is 9.59 Å². The molecule has 1 fully saturated rings. The molecule has 0 spiro atoms. The van der Waals surface area contributed by atoms with Crippen LogP contribution in [0.1, 0.15) is 58.3 Å². The average Bonchev–Trinajstić information content (AvgIpc) is 2.49. The van der Waals surface area contributed by atoms with Crippen LogP contribution in [0.25, 0.3) is 0 Å². The van der Waals surface area contributed by atoms with Gasteiger partial charge in [0.2, 0.25) is 0 Å². The molecule has 1 aliphatic rings. The largest absolute Gasteiger partial charge is 0.333 e. The molecule has 21 heavy (non-hydrogen) atoms. The second-order valence-electron chi connectivity index (χ2n) is 5.75. The normalized spacial score (nSPS) is 15.9. The van der Waals surface area contributed by atoms with Crippen LogP contribution in [0.5, 0.6) is 0 Å². The first-order chi connectivity index (χ1) is 10.2. The minimum Gasteiger partial charge on any atom is -0.333 e. The zero-order chi connectivity index (χ0) is 15.5. The summed E-state index contributed by atoms with van der Waals surface area (Å²) in [4.78, 5) is 27.3. The molecule has 0 aromatic rings. The summed E-state index contributed by atoms with van der Waals surface area (Å²) < 4.78 is 0. The first-order valence-corrected chi connectivity index (χ1v) is 9.47. The molecule has 1 heterocycles. The summed E-state index contributed by atoms with van der Waals surface area (Å²) in [7, 11) is 0. The molecule has 4 nitrogen and oxygen atoms in total. The summed E-state index contributed by atoms with van der Waals surface area (Å²) in [5, 5.41) is 1.10. The van der Waals surface area contributed by atoms with Gasteiger partial charge in [0, 0.05) is 31.5 Å². The lowest BCUT2D eigenvalue weighted by molar-refractivity contribution is -0.156. The van der Waals surface area contributed by atoms with Gasteiger partial charge in [0.1, 0.15) is 0 Å². The van der Waals surface area contributed by atoms with Crippen molar-refractivity contribution >= 4 is 27.7 Å². The van der Waals surface area contributed by atoms with Crippen LogP contribution in [0.3, 0.4) is 0 Å². The van der Waals surface area contributed by atoms with Gasteiger partial charge in [0.05, 0.1) is 0 Å². The van der Waals surface area contributed by atoms with Gasteiger partial charge in [0.15, 0.2) is 0 Å². The second kappa shape index (κ2) is 11.0. The van der Waals surface area contributed by atoms with E-state index in [0.717, 1.165) is 31.1 Å². The Morgan fingerprint density at radius 3 is 1.81 bits per heavy atom. The lowest BCUT2D eigenvalue weighted by atomic mass is 10.1. The Hall–Kier alpha value is -0.580. The van der Waals surface area contributed by atoms with Gasteiger partial charge in [-0.05, 0) is 19.3 Å². The first kappa shape index (κ1) is 18.5. The standard InChI is InChI=1S/C16H29BrN2O2/c1-2-11-18-13-14-19(16(21)15(18)20)12-9-7-5-3-4-6-8-10-17/h2-14H2,1H3. The maximum atomic E-state index is 12.0. The van der Waals surface area contributed by atoms with Crippen LogP contribution in [0.4, 0.5) is 0 Å². The molecule has 5 heteroatoms. The molecule has 0 aromatic heterocycles. The van der Waals surface area contributed by atoms with Gasteiger partial charge in [-0.25, -0.2) is 0 Å². The van der Waals surface area contributed by atoms with Crippen molar-refractivity contribution in [3.8, 4) is 0 Å². The van der Waals surface area contributed by atoms with Gasteiger partial charge in [-0.1, -0.05) is 55.0 Å². The average molecular weight is 361 g/mol. The number of alkyl halides is 1. The molecule has 1 aliphatic heterocycles. The fourth-order valence-electron chi connectivity index (χ4n) is 2.69. The van der Waals surface area contributed by atoms with Crippen molar-refractivity contribution in [3.05, 3.63) is 0 Å². The van der Waals surface area contributed by atoms with E-state index >= 15 is 0 Å². The molecule has 0 atom stereocenters. The number of hydrogen-bond donors (Lipinski definition) is 0. The highest BCUT2D eigenvalue weighted by Crippen LogP contribution is 2.11. The molecule has 0 aliphatic carbocycles. The monoisotopic (exact) mass is 360 g/mol. The number of nitrogens with zero attached hydrogens (tertiary/aromatic N) is 2. The number of piperazine rings is 1. The smallest absolute Gasteiger partial charge is 0.312 e. The number of amides is 2. The Labute approximate surface area is 137 Å². The van der Waals surface area contributed by atoms with E-state index in [2.05, 4.69) is 15.9 Å². The highest BCUT2D eigenvalue weighted by molar-refractivity contribution is 9.09. The van der Waals surface area contributed by atoms with E-state index in [-0.39, 0.29) is 11.8 Å². The van der Waals surface area contributed by atoms with E-state index in [4.69, 9.17) is 0 Å². The zero-order valence-corrected chi connectivity index (χ0v) is 14.9.